The summed E-state index contributed by atoms with van der Waals surface area (Å²) in [6.07, 6.45) is 3.56. The van der Waals surface area contributed by atoms with Gasteiger partial charge in [0.1, 0.15) is 5.82 Å². The Kier molecular flexibility index (Phi) is 5.38. The number of carbonyl (C=O) groups is 1. The molecular weight excluding hydrogens is 402 g/mol. The fourth-order valence-corrected chi connectivity index (χ4v) is 4.18. The number of benzene rings is 1. The van der Waals surface area contributed by atoms with E-state index < -0.39 is 0 Å². The molecule has 8 nitrogen and oxygen atoms in total. The van der Waals surface area contributed by atoms with Gasteiger partial charge in [0.15, 0.2) is 11.4 Å². The Morgan fingerprint density at radius 1 is 1.06 bits per heavy atom. The van der Waals surface area contributed by atoms with E-state index in [-0.39, 0.29) is 5.78 Å². The van der Waals surface area contributed by atoms with Gasteiger partial charge in [-0.1, -0.05) is 36.4 Å². The van der Waals surface area contributed by atoms with Crippen LogP contribution in [0.4, 0.5) is 5.82 Å². The Bertz CT molecular complexity index is 1260. The number of hydrogen-bond acceptors (Lipinski definition) is 7. The maximum Gasteiger partial charge on any atom is 0.165 e. The van der Waals surface area contributed by atoms with Crippen molar-refractivity contribution in [1.29, 1.82) is 0 Å². The summed E-state index contributed by atoms with van der Waals surface area (Å²) in [5.41, 5.74) is 11.9. The molecule has 1 fully saturated rings. The van der Waals surface area contributed by atoms with Crippen molar-refractivity contribution in [1.82, 2.24) is 29.8 Å². The Morgan fingerprint density at radius 3 is 2.53 bits per heavy atom. The number of Topliss-reactive ketones (excluding diaryl/α,β-unsaturated/α-hetero) is 1. The highest BCUT2D eigenvalue weighted by Gasteiger charge is 2.22. The first-order chi connectivity index (χ1) is 15.6. The van der Waals surface area contributed by atoms with E-state index in [2.05, 4.69) is 20.3 Å². The van der Waals surface area contributed by atoms with E-state index in [4.69, 9.17) is 10.7 Å². The number of aromatic nitrogens is 4. The highest BCUT2D eigenvalue weighted by atomic mass is 16.1. The lowest BCUT2D eigenvalue weighted by Crippen LogP contribution is -2.43. The molecule has 8 heteroatoms. The molecule has 3 aromatic heterocycles. The number of nitrogens with one attached hydrogen (secondary N) is 1. The smallest absolute Gasteiger partial charge is 0.165 e. The summed E-state index contributed by atoms with van der Waals surface area (Å²) in [6.45, 7) is 5.75. The molecule has 1 saturated heterocycles. The molecule has 0 radical (unpaired) electrons. The molecule has 32 heavy (non-hydrogen) atoms. The van der Waals surface area contributed by atoms with E-state index in [1.54, 1.807) is 10.7 Å². The quantitative estimate of drug-likeness (QED) is 0.472. The maximum absolute atomic E-state index is 12.4. The van der Waals surface area contributed by atoms with Crippen molar-refractivity contribution < 1.29 is 4.79 Å². The third kappa shape index (κ3) is 3.74. The number of piperazine rings is 1. The third-order valence-corrected chi connectivity index (χ3v) is 5.84. The van der Waals surface area contributed by atoms with Crippen LogP contribution < -0.4 is 11.1 Å². The highest BCUT2D eigenvalue weighted by molar-refractivity contribution is 6.00. The first-order valence-electron chi connectivity index (χ1n) is 10.7. The second-order valence-electron chi connectivity index (χ2n) is 7.99. The van der Waals surface area contributed by atoms with E-state index in [1.807, 2.05) is 48.7 Å². The number of anilines is 1. The number of ketones is 1. The molecule has 0 unspecified atom stereocenters. The van der Waals surface area contributed by atoms with Crippen LogP contribution in [0.3, 0.4) is 0 Å². The Balaban J connectivity index is 1.56. The van der Waals surface area contributed by atoms with Crippen molar-refractivity contribution >= 4 is 17.2 Å². The molecule has 1 aromatic carbocycles. The molecular formula is C24H25N7O. The van der Waals surface area contributed by atoms with Crippen LogP contribution in [-0.2, 0) is 6.54 Å². The molecule has 0 spiro atoms. The lowest BCUT2D eigenvalue weighted by Gasteiger charge is -2.27. The predicted molar refractivity (Wildman–Crippen MR) is 124 cm³/mol. The van der Waals surface area contributed by atoms with E-state index >= 15 is 0 Å². The zero-order chi connectivity index (χ0) is 22.1. The van der Waals surface area contributed by atoms with Gasteiger partial charge in [-0.15, -0.1) is 0 Å². The zero-order valence-corrected chi connectivity index (χ0v) is 18.0. The van der Waals surface area contributed by atoms with E-state index in [0.29, 0.717) is 29.3 Å². The van der Waals surface area contributed by atoms with Crippen molar-refractivity contribution in [2.24, 2.45) is 0 Å². The topological polar surface area (TPSA) is 101 Å². The van der Waals surface area contributed by atoms with Crippen LogP contribution in [-0.4, -0.2) is 56.4 Å². The molecule has 0 atom stereocenters. The van der Waals surface area contributed by atoms with Crippen molar-refractivity contribution in [3.63, 3.8) is 0 Å². The molecule has 162 valence electrons. The average Bonchev–Trinajstić information content (AvgIpc) is 3.24. The molecule has 0 aliphatic carbocycles. The number of carbonyl (C=O) groups excluding carboxylic acids is 1. The number of nitrogens with two attached hydrogens (primary N) is 1. The van der Waals surface area contributed by atoms with Gasteiger partial charge in [-0.25, -0.2) is 4.98 Å². The van der Waals surface area contributed by atoms with Crippen molar-refractivity contribution in [2.75, 3.05) is 31.9 Å². The summed E-state index contributed by atoms with van der Waals surface area (Å²) in [6, 6.07) is 14.0. The summed E-state index contributed by atoms with van der Waals surface area (Å²) < 4.78 is 1.55. The standard InChI is InChI=1S/C24H25N7O/c1-16(32)22-21(15-30-11-9-26-10-12-30)29-24-19(14-28-31(24)23(22)25)18-7-8-20(27-13-18)17-5-3-2-4-6-17/h2-8,13-14,26H,9-12,15,25H2,1H3. The van der Waals surface area contributed by atoms with Crippen molar-refractivity contribution in [3.05, 3.63) is 66.1 Å². The van der Waals surface area contributed by atoms with Gasteiger partial charge in [-0.05, 0) is 13.0 Å². The van der Waals surface area contributed by atoms with Gasteiger partial charge in [-0.2, -0.15) is 9.61 Å². The monoisotopic (exact) mass is 427 g/mol. The zero-order valence-electron chi connectivity index (χ0n) is 18.0. The fourth-order valence-electron chi connectivity index (χ4n) is 4.18. The molecule has 0 bridgehead atoms. The Hall–Kier alpha value is -3.62. The Labute approximate surface area is 186 Å². The fraction of sp³-hybridized carbons (Fsp3) is 0.250. The predicted octanol–water partition coefficient (Wildman–Crippen LogP) is 2.65. The second kappa shape index (κ2) is 8.49. The molecule has 0 saturated carbocycles. The normalized spacial score (nSPS) is 14.7. The molecule has 0 amide bonds. The van der Waals surface area contributed by atoms with Crippen LogP contribution in [0.15, 0.2) is 54.9 Å². The number of pyridine rings is 1. The summed E-state index contributed by atoms with van der Waals surface area (Å²) in [5, 5.41) is 7.78. The van der Waals surface area contributed by atoms with E-state index in [0.717, 1.165) is 48.6 Å². The average molecular weight is 428 g/mol. The van der Waals surface area contributed by atoms with Gasteiger partial charge in [0.05, 0.1) is 23.1 Å². The molecule has 4 aromatic rings. The number of nitrogens with zero attached hydrogens (tertiary/aromatic N) is 5. The first kappa shape index (κ1) is 20.3. The van der Waals surface area contributed by atoms with Crippen molar-refractivity contribution in [3.8, 4) is 22.4 Å². The SMILES string of the molecule is CC(=O)c1c(CN2CCNCC2)nc2c(-c3ccc(-c4ccccc4)nc3)cnn2c1N. The second-order valence-corrected chi connectivity index (χ2v) is 7.99. The lowest BCUT2D eigenvalue weighted by molar-refractivity contribution is 0.101. The van der Waals surface area contributed by atoms with Gasteiger partial charge in [0.2, 0.25) is 0 Å². The van der Waals surface area contributed by atoms with Gasteiger partial charge in [0.25, 0.3) is 0 Å². The number of nitrogen functional groups attached to an aromatic ring is 1. The molecule has 3 N–H and O–H groups in total. The maximum atomic E-state index is 12.4. The molecule has 1 aliphatic rings. The lowest BCUT2D eigenvalue weighted by atomic mass is 10.1. The molecule has 4 heterocycles. The van der Waals surface area contributed by atoms with E-state index in [9.17, 15) is 4.79 Å². The summed E-state index contributed by atoms with van der Waals surface area (Å²) >= 11 is 0. The highest BCUT2D eigenvalue weighted by Crippen LogP contribution is 2.29. The van der Waals surface area contributed by atoms with Gasteiger partial charge in [0, 0.05) is 55.6 Å². The van der Waals surface area contributed by atoms with Crippen LogP contribution in [0.25, 0.3) is 28.0 Å². The number of rotatable bonds is 5. The van der Waals surface area contributed by atoms with E-state index in [1.165, 1.54) is 6.92 Å². The van der Waals surface area contributed by atoms with Crippen LogP contribution >= 0.6 is 0 Å². The number of fused-ring (bicyclic) bond motifs is 1. The molecule has 1 aliphatic heterocycles. The van der Waals surface area contributed by atoms with Crippen LogP contribution in [0.2, 0.25) is 0 Å². The van der Waals surface area contributed by atoms with Crippen LogP contribution in [0.5, 0.6) is 0 Å². The minimum Gasteiger partial charge on any atom is -0.383 e. The summed E-state index contributed by atoms with van der Waals surface area (Å²) in [5.74, 6) is 0.223. The van der Waals surface area contributed by atoms with Crippen LogP contribution in [0.1, 0.15) is 23.0 Å². The minimum atomic E-state index is -0.104. The van der Waals surface area contributed by atoms with Gasteiger partial charge in [-0.3, -0.25) is 14.7 Å². The summed E-state index contributed by atoms with van der Waals surface area (Å²) in [7, 11) is 0. The third-order valence-electron chi connectivity index (χ3n) is 5.84. The number of hydrogen-bond donors (Lipinski definition) is 2. The largest absolute Gasteiger partial charge is 0.383 e. The van der Waals surface area contributed by atoms with Crippen molar-refractivity contribution in [2.45, 2.75) is 13.5 Å². The first-order valence-corrected chi connectivity index (χ1v) is 10.7. The minimum absolute atomic E-state index is 0.104. The van der Waals surface area contributed by atoms with Crippen LogP contribution in [0, 0.1) is 0 Å². The van der Waals surface area contributed by atoms with Gasteiger partial charge < -0.3 is 11.1 Å². The summed E-state index contributed by atoms with van der Waals surface area (Å²) in [4.78, 5) is 24.2. The Morgan fingerprint density at radius 2 is 1.84 bits per heavy atom. The molecule has 5 rings (SSSR count). The van der Waals surface area contributed by atoms with Gasteiger partial charge >= 0.3 is 0 Å².